The van der Waals surface area contributed by atoms with Crippen molar-refractivity contribution in [2.75, 3.05) is 0 Å². The largest absolute Gasteiger partial charge is 0.268 e. The number of sulfonamides is 1. The number of aryl methyl sites for hydroxylation is 2. The molecule has 1 N–H and O–H groups in total. The average Bonchev–Trinajstić information content (AvgIpc) is 2.87. The summed E-state index contributed by atoms with van der Waals surface area (Å²) in [6, 6.07) is 8.30. The zero-order valence-corrected chi connectivity index (χ0v) is 12.7. The Hall–Kier alpha value is -1.66. The second kappa shape index (κ2) is 5.76. The molecule has 20 heavy (non-hydrogen) atoms. The van der Waals surface area contributed by atoms with Gasteiger partial charge in [0.15, 0.2) is 0 Å². The fraction of sp³-hybridized carbons (Fsp3) is 0.357. The van der Waals surface area contributed by atoms with Gasteiger partial charge < -0.3 is 0 Å². The molecule has 0 aliphatic heterocycles. The second-order valence-electron chi connectivity index (χ2n) is 4.73. The maximum atomic E-state index is 12.3. The third-order valence-corrected chi connectivity index (χ3v) is 4.71. The van der Waals surface area contributed by atoms with Crippen molar-refractivity contribution in [2.24, 2.45) is 0 Å². The molecule has 0 radical (unpaired) electrons. The van der Waals surface area contributed by atoms with Crippen LogP contribution in [0.2, 0.25) is 0 Å². The lowest BCUT2D eigenvalue weighted by molar-refractivity contribution is 0.539. The Morgan fingerprint density at radius 2 is 1.90 bits per heavy atom. The number of hydrogen-bond donors (Lipinski definition) is 1. The monoisotopic (exact) mass is 293 g/mol. The Labute approximate surface area is 119 Å². The molecule has 2 rings (SSSR count). The summed E-state index contributed by atoms with van der Waals surface area (Å²) in [5, 5.41) is 4.15. The summed E-state index contributed by atoms with van der Waals surface area (Å²) in [5.41, 5.74) is 1.88. The number of nitrogens with zero attached hydrogens (tertiary/aromatic N) is 2. The molecule has 0 spiro atoms. The zero-order chi connectivity index (χ0) is 14.8. The van der Waals surface area contributed by atoms with Crippen LogP contribution in [-0.2, 0) is 16.6 Å². The SMILES string of the molecule is CCn1nccc1[C@@H](C)NS(=O)(=O)c1ccc(C)cc1. The highest BCUT2D eigenvalue weighted by atomic mass is 32.2. The van der Waals surface area contributed by atoms with E-state index in [1.807, 2.05) is 26.8 Å². The number of nitrogens with one attached hydrogen (secondary N) is 1. The van der Waals surface area contributed by atoms with Crippen molar-refractivity contribution in [1.82, 2.24) is 14.5 Å². The van der Waals surface area contributed by atoms with Crippen LogP contribution in [0.5, 0.6) is 0 Å². The highest BCUT2D eigenvalue weighted by Gasteiger charge is 2.20. The fourth-order valence-corrected chi connectivity index (χ4v) is 3.27. The van der Waals surface area contributed by atoms with E-state index in [0.717, 1.165) is 11.3 Å². The number of hydrogen-bond acceptors (Lipinski definition) is 3. The molecule has 0 bridgehead atoms. The van der Waals surface area contributed by atoms with Crippen LogP contribution in [0, 0.1) is 6.92 Å². The third-order valence-electron chi connectivity index (χ3n) is 3.16. The summed E-state index contributed by atoms with van der Waals surface area (Å²) < 4.78 is 29.1. The molecule has 6 heteroatoms. The summed E-state index contributed by atoms with van der Waals surface area (Å²) in [5.74, 6) is 0. The van der Waals surface area contributed by atoms with E-state index < -0.39 is 10.0 Å². The first kappa shape index (κ1) is 14.7. The van der Waals surface area contributed by atoms with E-state index >= 15 is 0 Å². The molecule has 0 aliphatic carbocycles. The van der Waals surface area contributed by atoms with E-state index in [9.17, 15) is 8.42 Å². The first-order chi connectivity index (χ1) is 9.44. The number of rotatable bonds is 5. The van der Waals surface area contributed by atoms with Crippen molar-refractivity contribution in [2.45, 2.75) is 38.3 Å². The minimum absolute atomic E-state index is 0.275. The molecule has 0 saturated carbocycles. The summed E-state index contributed by atoms with van der Waals surface area (Å²) >= 11 is 0. The van der Waals surface area contributed by atoms with Crippen LogP contribution in [0.1, 0.15) is 31.1 Å². The van der Waals surface area contributed by atoms with E-state index in [1.165, 1.54) is 0 Å². The first-order valence-electron chi connectivity index (χ1n) is 6.54. The summed E-state index contributed by atoms with van der Waals surface area (Å²) in [6.07, 6.45) is 1.68. The van der Waals surface area contributed by atoms with Crippen molar-refractivity contribution in [3.8, 4) is 0 Å². The average molecular weight is 293 g/mol. The fourth-order valence-electron chi connectivity index (χ4n) is 2.05. The van der Waals surface area contributed by atoms with Gasteiger partial charge >= 0.3 is 0 Å². The van der Waals surface area contributed by atoms with Crippen LogP contribution in [0.4, 0.5) is 0 Å². The Morgan fingerprint density at radius 1 is 1.25 bits per heavy atom. The molecule has 0 unspecified atom stereocenters. The Kier molecular flexibility index (Phi) is 4.25. The van der Waals surface area contributed by atoms with Crippen molar-refractivity contribution in [1.29, 1.82) is 0 Å². The minimum Gasteiger partial charge on any atom is -0.268 e. The van der Waals surface area contributed by atoms with Gasteiger partial charge in [-0.1, -0.05) is 17.7 Å². The molecule has 1 aromatic carbocycles. The molecule has 0 fully saturated rings. The third kappa shape index (κ3) is 3.08. The standard InChI is InChI=1S/C14H19N3O2S/c1-4-17-14(9-10-15-17)12(3)16-20(18,19)13-7-5-11(2)6-8-13/h5-10,12,16H,4H2,1-3H3/t12-/m1/s1. The Morgan fingerprint density at radius 3 is 2.50 bits per heavy atom. The second-order valence-corrected chi connectivity index (χ2v) is 6.44. The number of aromatic nitrogens is 2. The number of benzene rings is 1. The molecule has 0 aliphatic rings. The van der Waals surface area contributed by atoms with E-state index in [2.05, 4.69) is 9.82 Å². The van der Waals surface area contributed by atoms with Gasteiger partial charge in [0.2, 0.25) is 10.0 Å². The molecule has 2 aromatic rings. The van der Waals surface area contributed by atoms with Crippen LogP contribution in [0.15, 0.2) is 41.4 Å². The van der Waals surface area contributed by atoms with E-state index in [1.54, 1.807) is 35.1 Å². The Bertz CT molecular complexity index is 675. The van der Waals surface area contributed by atoms with Gasteiger partial charge in [-0.3, -0.25) is 4.68 Å². The van der Waals surface area contributed by atoms with Crippen LogP contribution >= 0.6 is 0 Å². The lowest BCUT2D eigenvalue weighted by Crippen LogP contribution is -2.28. The maximum Gasteiger partial charge on any atom is 0.241 e. The highest BCUT2D eigenvalue weighted by Crippen LogP contribution is 2.17. The van der Waals surface area contributed by atoms with Gasteiger partial charge in [0.1, 0.15) is 0 Å². The van der Waals surface area contributed by atoms with Crippen molar-refractivity contribution in [3.63, 3.8) is 0 Å². The molecule has 0 amide bonds. The molecule has 1 atom stereocenters. The van der Waals surface area contributed by atoms with Crippen LogP contribution in [0.3, 0.4) is 0 Å². The van der Waals surface area contributed by atoms with E-state index in [4.69, 9.17) is 0 Å². The maximum absolute atomic E-state index is 12.3. The van der Waals surface area contributed by atoms with Gasteiger partial charge in [0.25, 0.3) is 0 Å². The normalized spacial score (nSPS) is 13.3. The van der Waals surface area contributed by atoms with Crippen LogP contribution in [0.25, 0.3) is 0 Å². The lowest BCUT2D eigenvalue weighted by atomic mass is 10.2. The molecule has 5 nitrogen and oxygen atoms in total. The predicted molar refractivity (Wildman–Crippen MR) is 77.8 cm³/mol. The quantitative estimate of drug-likeness (QED) is 0.919. The molecular formula is C14H19N3O2S. The summed E-state index contributed by atoms with van der Waals surface area (Å²) in [7, 11) is -3.52. The zero-order valence-electron chi connectivity index (χ0n) is 11.9. The smallest absolute Gasteiger partial charge is 0.241 e. The highest BCUT2D eigenvalue weighted by molar-refractivity contribution is 7.89. The van der Waals surface area contributed by atoms with Crippen LogP contribution < -0.4 is 4.72 Å². The summed E-state index contributed by atoms with van der Waals surface area (Å²) in [4.78, 5) is 0.275. The van der Waals surface area contributed by atoms with Crippen molar-refractivity contribution < 1.29 is 8.42 Å². The van der Waals surface area contributed by atoms with E-state index in [0.29, 0.717) is 6.54 Å². The molecule has 0 saturated heterocycles. The topological polar surface area (TPSA) is 64.0 Å². The van der Waals surface area contributed by atoms with Gasteiger partial charge in [0.05, 0.1) is 16.6 Å². The lowest BCUT2D eigenvalue weighted by Gasteiger charge is -2.15. The molecule has 108 valence electrons. The minimum atomic E-state index is -3.52. The molecule has 1 heterocycles. The van der Waals surface area contributed by atoms with E-state index in [-0.39, 0.29) is 10.9 Å². The van der Waals surface area contributed by atoms with Gasteiger partial charge in [-0.05, 0) is 39.0 Å². The first-order valence-corrected chi connectivity index (χ1v) is 8.03. The predicted octanol–water partition coefficient (Wildman–Crippen LogP) is 2.25. The Balaban J connectivity index is 2.22. The van der Waals surface area contributed by atoms with Crippen molar-refractivity contribution >= 4 is 10.0 Å². The van der Waals surface area contributed by atoms with Crippen molar-refractivity contribution in [3.05, 3.63) is 47.8 Å². The van der Waals surface area contributed by atoms with Gasteiger partial charge in [-0.2, -0.15) is 5.10 Å². The molecule has 1 aromatic heterocycles. The van der Waals surface area contributed by atoms with Gasteiger partial charge in [-0.25, -0.2) is 13.1 Å². The van der Waals surface area contributed by atoms with Gasteiger partial charge in [-0.15, -0.1) is 0 Å². The summed E-state index contributed by atoms with van der Waals surface area (Å²) in [6.45, 7) is 6.41. The molecular weight excluding hydrogens is 274 g/mol. The van der Waals surface area contributed by atoms with Crippen LogP contribution in [-0.4, -0.2) is 18.2 Å². The van der Waals surface area contributed by atoms with Gasteiger partial charge in [0, 0.05) is 12.7 Å².